The fourth-order valence-electron chi connectivity index (χ4n) is 1.79. The van der Waals surface area contributed by atoms with Crippen molar-refractivity contribution in [1.82, 2.24) is 0 Å². The SMILES string of the molecule is CC(C)c1ccccc1C(=O)C1CC1. The van der Waals surface area contributed by atoms with Crippen molar-refractivity contribution in [3.63, 3.8) is 0 Å². The van der Waals surface area contributed by atoms with Crippen LogP contribution in [0.3, 0.4) is 0 Å². The topological polar surface area (TPSA) is 17.1 Å². The van der Waals surface area contributed by atoms with Gasteiger partial charge in [-0.05, 0) is 24.3 Å². The Morgan fingerprint density at radius 2 is 1.93 bits per heavy atom. The molecule has 0 unspecified atom stereocenters. The summed E-state index contributed by atoms with van der Waals surface area (Å²) in [4.78, 5) is 11.9. The highest BCUT2D eigenvalue weighted by atomic mass is 16.1. The Labute approximate surface area is 85.1 Å². The highest BCUT2D eigenvalue weighted by Crippen LogP contribution is 2.34. The number of benzene rings is 1. The van der Waals surface area contributed by atoms with Crippen LogP contribution in [0.1, 0.15) is 48.5 Å². The van der Waals surface area contributed by atoms with Gasteiger partial charge in [-0.25, -0.2) is 0 Å². The van der Waals surface area contributed by atoms with Gasteiger partial charge in [0.2, 0.25) is 0 Å². The fourth-order valence-corrected chi connectivity index (χ4v) is 1.79. The second kappa shape index (κ2) is 3.56. The smallest absolute Gasteiger partial charge is 0.166 e. The van der Waals surface area contributed by atoms with E-state index < -0.39 is 0 Å². The molecule has 0 amide bonds. The molecule has 0 aliphatic heterocycles. The van der Waals surface area contributed by atoms with Crippen LogP contribution in [0.15, 0.2) is 24.3 Å². The van der Waals surface area contributed by atoms with Crippen molar-refractivity contribution in [3.05, 3.63) is 35.4 Å². The first kappa shape index (κ1) is 9.45. The first-order chi connectivity index (χ1) is 6.70. The normalized spacial score (nSPS) is 15.9. The van der Waals surface area contributed by atoms with Gasteiger partial charge in [-0.1, -0.05) is 38.1 Å². The molecule has 0 heterocycles. The number of hydrogen-bond donors (Lipinski definition) is 0. The van der Waals surface area contributed by atoms with Crippen LogP contribution >= 0.6 is 0 Å². The molecule has 0 bridgehead atoms. The number of Topliss-reactive ketones (excluding diaryl/α,β-unsaturated/α-hetero) is 1. The molecule has 1 fully saturated rings. The van der Waals surface area contributed by atoms with Crippen molar-refractivity contribution < 1.29 is 4.79 Å². The molecule has 1 nitrogen and oxygen atoms in total. The molecule has 1 aromatic rings. The van der Waals surface area contributed by atoms with Gasteiger partial charge >= 0.3 is 0 Å². The second-order valence-electron chi connectivity index (χ2n) is 4.38. The van der Waals surface area contributed by atoms with E-state index in [1.165, 1.54) is 5.56 Å². The summed E-state index contributed by atoms with van der Waals surface area (Å²) in [6.45, 7) is 4.28. The highest BCUT2D eigenvalue weighted by molar-refractivity contribution is 6.00. The van der Waals surface area contributed by atoms with Crippen molar-refractivity contribution in [2.24, 2.45) is 5.92 Å². The Morgan fingerprint density at radius 1 is 1.29 bits per heavy atom. The minimum Gasteiger partial charge on any atom is -0.294 e. The molecule has 14 heavy (non-hydrogen) atoms. The van der Waals surface area contributed by atoms with E-state index in [0.717, 1.165) is 18.4 Å². The molecule has 0 aromatic heterocycles. The average molecular weight is 188 g/mol. The van der Waals surface area contributed by atoms with Crippen LogP contribution in [0.5, 0.6) is 0 Å². The fraction of sp³-hybridized carbons (Fsp3) is 0.462. The molecule has 2 rings (SSSR count). The lowest BCUT2D eigenvalue weighted by Crippen LogP contribution is -2.06. The second-order valence-corrected chi connectivity index (χ2v) is 4.38. The van der Waals surface area contributed by atoms with E-state index in [1.807, 2.05) is 18.2 Å². The van der Waals surface area contributed by atoms with Crippen molar-refractivity contribution >= 4 is 5.78 Å². The van der Waals surface area contributed by atoms with Crippen LogP contribution in [0.25, 0.3) is 0 Å². The monoisotopic (exact) mass is 188 g/mol. The lowest BCUT2D eigenvalue weighted by molar-refractivity contribution is 0.0966. The summed E-state index contributed by atoms with van der Waals surface area (Å²) in [5, 5.41) is 0. The van der Waals surface area contributed by atoms with Crippen LogP contribution in [0.4, 0.5) is 0 Å². The molecule has 0 radical (unpaired) electrons. The average Bonchev–Trinajstić information content (AvgIpc) is 3.00. The summed E-state index contributed by atoms with van der Waals surface area (Å²) < 4.78 is 0. The lowest BCUT2D eigenvalue weighted by Gasteiger charge is -2.10. The summed E-state index contributed by atoms with van der Waals surface area (Å²) in [5.41, 5.74) is 2.15. The maximum atomic E-state index is 11.9. The third-order valence-corrected chi connectivity index (χ3v) is 2.80. The van der Waals surface area contributed by atoms with Gasteiger partial charge < -0.3 is 0 Å². The summed E-state index contributed by atoms with van der Waals surface area (Å²) >= 11 is 0. The van der Waals surface area contributed by atoms with E-state index in [9.17, 15) is 4.79 Å². The molecular formula is C13H16O. The molecule has 1 heteroatoms. The molecule has 0 N–H and O–H groups in total. The van der Waals surface area contributed by atoms with Crippen LogP contribution in [0, 0.1) is 5.92 Å². The molecule has 74 valence electrons. The minimum atomic E-state index is 0.329. The van der Waals surface area contributed by atoms with E-state index in [2.05, 4.69) is 19.9 Å². The molecule has 1 aliphatic rings. The molecule has 1 aromatic carbocycles. The third-order valence-electron chi connectivity index (χ3n) is 2.80. The molecule has 0 atom stereocenters. The Morgan fingerprint density at radius 3 is 2.50 bits per heavy atom. The number of rotatable bonds is 3. The highest BCUT2D eigenvalue weighted by Gasteiger charge is 2.31. The van der Waals surface area contributed by atoms with E-state index in [-0.39, 0.29) is 0 Å². The predicted molar refractivity (Wildman–Crippen MR) is 57.6 cm³/mol. The largest absolute Gasteiger partial charge is 0.294 e. The predicted octanol–water partition coefficient (Wildman–Crippen LogP) is 3.40. The number of carbonyl (C=O) groups is 1. The quantitative estimate of drug-likeness (QED) is 0.664. The van der Waals surface area contributed by atoms with E-state index in [1.54, 1.807) is 0 Å². The Hall–Kier alpha value is -1.11. The minimum absolute atomic E-state index is 0.329. The Balaban J connectivity index is 2.35. The zero-order valence-corrected chi connectivity index (χ0v) is 8.79. The van der Waals surface area contributed by atoms with Gasteiger partial charge in [0.25, 0.3) is 0 Å². The summed E-state index contributed by atoms with van der Waals surface area (Å²) in [7, 11) is 0. The van der Waals surface area contributed by atoms with Crippen molar-refractivity contribution in [3.8, 4) is 0 Å². The first-order valence-electron chi connectivity index (χ1n) is 5.33. The maximum Gasteiger partial charge on any atom is 0.166 e. The molecule has 0 saturated heterocycles. The van der Waals surface area contributed by atoms with Crippen LogP contribution in [-0.2, 0) is 0 Å². The summed E-state index contributed by atoms with van der Waals surface area (Å²) in [5.74, 6) is 1.12. The molecule has 1 aliphatic carbocycles. The van der Waals surface area contributed by atoms with Gasteiger partial charge in [-0.2, -0.15) is 0 Å². The Kier molecular flexibility index (Phi) is 2.40. The van der Waals surface area contributed by atoms with E-state index in [4.69, 9.17) is 0 Å². The molecule has 1 saturated carbocycles. The van der Waals surface area contributed by atoms with Gasteiger partial charge in [0.05, 0.1) is 0 Å². The van der Waals surface area contributed by atoms with Crippen molar-refractivity contribution in [2.45, 2.75) is 32.6 Å². The Bertz CT molecular complexity index is 348. The molecule has 0 spiro atoms. The molecular weight excluding hydrogens is 172 g/mol. The van der Waals surface area contributed by atoms with Crippen LogP contribution in [0.2, 0.25) is 0 Å². The third kappa shape index (κ3) is 1.72. The summed E-state index contributed by atoms with van der Waals surface area (Å²) in [6, 6.07) is 8.01. The summed E-state index contributed by atoms with van der Waals surface area (Å²) in [6.07, 6.45) is 2.18. The number of carbonyl (C=O) groups excluding carboxylic acids is 1. The van der Waals surface area contributed by atoms with Gasteiger partial charge in [0.15, 0.2) is 5.78 Å². The van der Waals surface area contributed by atoms with Crippen LogP contribution in [-0.4, -0.2) is 5.78 Å². The van der Waals surface area contributed by atoms with Crippen molar-refractivity contribution in [2.75, 3.05) is 0 Å². The standard InChI is InChI=1S/C13H16O/c1-9(2)11-5-3-4-6-12(11)13(14)10-7-8-10/h3-6,9-10H,7-8H2,1-2H3. The first-order valence-corrected chi connectivity index (χ1v) is 5.33. The maximum absolute atomic E-state index is 11.9. The number of ketones is 1. The van der Waals surface area contributed by atoms with Gasteiger partial charge in [0.1, 0.15) is 0 Å². The van der Waals surface area contributed by atoms with Crippen molar-refractivity contribution in [1.29, 1.82) is 0 Å². The zero-order valence-electron chi connectivity index (χ0n) is 8.79. The van der Waals surface area contributed by atoms with Gasteiger partial charge in [-0.15, -0.1) is 0 Å². The van der Waals surface area contributed by atoms with E-state index in [0.29, 0.717) is 17.6 Å². The number of hydrogen-bond acceptors (Lipinski definition) is 1. The van der Waals surface area contributed by atoms with Crippen LogP contribution < -0.4 is 0 Å². The van der Waals surface area contributed by atoms with Gasteiger partial charge in [0, 0.05) is 11.5 Å². The van der Waals surface area contributed by atoms with Gasteiger partial charge in [-0.3, -0.25) is 4.79 Å². The zero-order chi connectivity index (χ0) is 10.1. The van der Waals surface area contributed by atoms with E-state index >= 15 is 0 Å². The lowest BCUT2D eigenvalue weighted by atomic mass is 9.93.